The quantitative estimate of drug-likeness (QED) is 0.315. The SMILES string of the molecule is Cc1ccc(-c2nc(CO[C@@H]3CCC[C@H](CN(Cc4ccccc4)[C@H](C(=O)O)C(C)C)C3)c(C)o2)cc1. The summed E-state index contributed by atoms with van der Waals surface area (Å²) in [6.07, 6.45) is 4.26. The normalized spacial score (nSPS) is 18.9. The van der Waals surface area contributed by atoms with E-state index in [1.807, 2.05) is 51.1 Å². The Labute approximate surface area is 220 Å². The molecule has 1 fully saturated rings. The van der Waals surface area contributed by atoms with Crippen molar-refractivity contribution in [2.75, 3.05) is 6.54 Å². The van der Waals surface area contributed by atoms with Gasteiger partial charge in [-0.15, -0.1) is 0 Å². The van der Waals surface area contributed by atoms with Crippen LogP contribution in [0.3, 0.4) is 0 Å². The van der Waals surface area contributed by atoms with Gasteiger partial charge < -0.3 is 14.3 Å². The molecule has 6 nitrogen and oxygen atoms in total. The zero-order chi connectivity index (χ0) is 26.4. The van der Waals surface area contributed by atoms with Crippen molar-refractivity contribution in [3.63, 3.8) is 0 Å². The summed E-state index contributed by atoms with van der Waals surface area (Å²) in [7, 11) is 0. The molecule has 1 heterocycles. The first-order chi connectivity index (χ1) is 17.8. The Hall–Kier alpha value is -2.96. The van der Waals surface area contributed by atoms with Crippen molar-refractivity contribution < 1.29 is 19.1 Å². The summed E-state index contributed by atoms with van der Waals surface area (Å²) < 4.78 is 12.3. The van der Waals surface area contributed by atoms with Crippen LogP contribution in [0.1, 0.15) is 62.1 Å². The lowest BCUT2D eigenvalue weighted by Crippen LogP contribution is -2.47. The Bertz CT molecular complexity index is 1140. The molecule has 0 unspecified atom stereocenters. The largest absolute Gasteiger partial charge is 0.480 e. The number of aryl methyl sites for hydroxylation is 2. The van der Waals surface area contributed by atoms with Gasteiger partial charge in [0.15, 0.2) is 0 Å². The van der Waals surface area contributed by atoms with Crippen LogP contribution in [0.25, 0.3) is 11.5 Å². The molecule has 0 radical (unpaired) electrons. The number of rotatable bonds is 11. The molecule has 2 aromatic carbocycles. The van der Waals surface area contributed by atoms with Crippen LogP contribution in [0.2, 0.25) is 0 Å². The minimum Gasteiger partial charge on any atom is -0.480 e. The van der Waals surface area contributed by atoms with Crippen LogP contribution in [0.4, 0.5) is 0 Å². The highest BCUT2D eigenvalue weighted by atomic mass is 16.5. The van der Waals surface area contributed by atoms with E-state index in [1.165, 1.54) is 5.56 Å². The van der Waals surface area contributed by atoms with Crippen molar-refractivity contribution in [2.45, 2.75) is 78.7 Å². The van der Waals surface area contributed by atoms with E-state index in [-0.39, 0.29) is 12.0 Å². The number of nitrogens with zero attached hydrogens (tertiary/aromatic N) is 2. The van der Waals surface area contributed by atoms with Crippen molar-refractivity contribution in [3.8, 4) is 11.5 Å². The summed E-state index contributed by atoms with van der Waals surface area (Å²) in [6.45, 7) is 9.81. The van der Waals surface area contributed by atoms with Crippen LogP contribution >= 0.6 is 0 Å². The van der Waals surface area contributed by atoms with E-state index >= 15 is 0 Å². The van der Waals surface area contributed by atoms with Crippen LogP contribution in [0.5, 0.6) is 0 Å². The van der Waals surface area contributed by atoms with Crippen molar-refractivity contribution in [2.24, 2.45) is 11.8 Å². The van der Waals surface area contributed by atoms with Crippen LogP contribution in [-0.2, 0) is 22.7 Å². The van der Waals surface area contributed by atoms with Gasteiger partial charge in [-0.05, 0) is 62.6 Å². The van der Waals surface area contributed by atoms with E-state index in [1.54, 1.807) is 0 Å². The molecule has 37 heavy (non-hydrogen) atoms. The van der Waals surface area contributed by atoms with Gasteiger partial charge in [0.25, 0.3) is 0 Å². The maximum atomic E-state index is 12.2. The highest BCUT2D eigenvalue weighted by Crippen LogP contribution is 2.30. The lowest BCUT2D eigenvalue weighted by atomic mass is 9.86. The summed E-state index contributed by atoms with van der Waals surface area (Å²) in [5.41, 5.74) is 4.15. The second-order valence-corrected chi connectivity index (χ2v) is 10.8. The minimum atomic E-state index is -0.750. The molecule has 0 amide bonds. The van der Waals surface area contributed by atoms with Crippen molar-refractivity contribution in [1.82, 2.24) is 9.88 Å². The monoisotopic (exact) mass is 504 g/mol. The summed E-state index contributed by atoms with van der Waals surface area (Å²) in [5.74, 6) is 1.08. The first-order valence-electron chi connectivity index (χ1n) is 13.5. The molecule has 6 heteroatoms. The Morgan fingerprint density at radius 3 is 2.51 bits per heavy atom. The Morgan fingerprint density at radius 2 is 1.84 bits per heavy atom. The molecule has 1 aromatic heterocycles. The Kier molecular flexibility index (Phi) is 9.17. The van der Waals surface area contributed by atoms with Gasteiger partial charge in [0.05, 0.1) is 12.7 Å². The fourth-order valence-electron chi connectivity index (χ4n) is 5.43. The molecular formula is C31H40N2O4. The van der Waals surface area contributed by atoms with Crippen LogP contribution < -0.4 is 0 Å². The Balaban J connectivity index is 1.39. The van der Waals surface area contributed by atoms with E-state index < -0.39 is 12.0 Å². The molecule has 0 bridgehead atoms. The number of ether oxygens (including phenoxy) is 1. The molecule has 198 valence electrons. The smallest absolute Gasteiger partial charge is 0.321 e. The van der Waals surface area contributed by atoms with Crippen LogP contribution in [-0.4, -0.2) is 39.7 Å². The van der Waals surface area contributed by atoms with Crippen LogP contribution in [0, 0.1) is 25.7 Å². The van der Waals surface area contributed by atoms with Gasteiger partial charge in [-0.3, -0.25) is 9.69 Å². The fraction of sp³-hybridized carbons (Fsp3) is 0.484. The van der Waals surface area contributed by atoms with Gasteiger partial charge in [-0.2, -0.15) is 0 Å². The summed E-state index contributed by atoms with van der Waals surface area (Å²) in [5, 5.41) is 10.0. The molecular weight excluding hydrogens is 464 g/mol. The molecule has 0 aliphatic heterocycles. The average Bonchev–Trinajstić information content (AvgIpc) is 3.24. The predicted octanol–water partition coefficient (Wildman–Crippen LogP) is 6.65. The van der Waals surface area contributed by atoms with Gasteiger partial charge in [-0.25, -0.2) is 4.98 Å². The van der Waals surface area contributed by atoms with E-state index in [0.29, 0.717) is 25.0 Å². The zero-order valence-corrected chi connectivity index (χ0v) is 22.5. The first-order valence-corrected chi connectivity index (χ1v) is 13.5. The third-order valence-electron chi connectivity index (χ3n) is 7.38. The molecule has 0 spiro atoms. The number of aromatic nitrogens is 1. The highest BCUT2D eigenvalue weighted by molar-refractivity contribution is 5.73. The predicted molar refractivity (Wildman–Crippen MR) is 145 cm³/mol. The summed E-state index contributed by atoms with van der Waals surface area (Å²) in [4.78, 5) is 19.1. The first kappa shape index (κ1) is 27.1. The van der Waals surface area contributed by atoms with E-state index in [0.717, 1.165) is 54.8 Å². The van der Waals surface area contributed by atoms with Gasteiger partial charge in [-0.1, -0.05) is 68.3 Å². The minimum absolute atomic E-state index is 0.0229. The average molecular weight is 505 g/mol. The van der Waals surface area contributed by atoms with Gasteiger partial charge >= 0.3 is 5.97 Å². The second kappa shape index (κ2) is 12.5. The van der Waals surface area contributed by atoms with Crippen LogP contribution in [0.15, 0.2) is 59.0 Å². The molecule has 1 aliphatic rings. The zero-order valence-electron chi connectivity index (χ0n) is 22.5. The number of carboxylic acids is 1. The summed E-state index contributed by atoms with van der Waals surface area (Å²) >= 11 is 0. The topological polar surface area (TPSA) is 75.8 Å². The maximum absolute atomic E-state index is 12.2. The second-order valence-electron chi connectivity index (χ2n) is 10.8. The number of hydrogen-bond acceptors (Lipinski definition) is 5. The molecule has 1 aliphatic carbocycles. The number of aliphatic carboxylic acids is 1. The molecule has 0 saturated heterocycles. The van der Waals surface area contributed by atoms with E-state index in [9.17, 15) is 9.90 Å². The number of oxazole rings is 1. The maximum Gasteiger partial charge on any atom is 0.321 e. The Morgan fingerprint density at radius 1 is 1.11 bits per heavy atom. The van der Waals surface area contributed by atoms with E-state index in [2.05, 4.69) is 36.1 Å². The third kappa shape index (κ3) is 7.30. The number of carboxylic acid groups (broad SMARTS) is 1. The number of benzene rings is 2. The molecule has 1 N–H and O–H groups in total. The number of carbonyl (C=O) groups is 1. The van der Waals surface area contributed by atoms with Gasteiger partial charge in [0.1, 0.15) is 17.5 Å². The molecule has 4 rings (SSSR count). The van der Waals surface area contributed by atoms with Crippen molar-refractivity contribution in [1.29, 1.82) is 0 Å². The molecule has 3 atom stereocenters. The summed E-state index contributed by atoms with van der Waals surface area (Å²) in [6, 6.07) is 17.8. The third-order valence-corrected chi connectivity index (χ3v) is 7.38. The van der Waals surface area contributed by atoms with Crippen molar-refractivity contribution >= 4 is 5.97 Å². The standard InChI is InChI=1S/C31H40N2O4/c1-21(2)29(31(34)35)33(18-24-9-6-5-7-10-24)19-25-11-8-12-27(17-25)36-20-28-23(4)37-30(32-28)26-15-13-22(3)14-16-26/h5-7,9-10,13-16,21,25,27,29H,8,11-12,17-20H2,1-4H3,(H,34,35)/t25-,27+,29-/m0/s1. The highest BCUT2D eigenvalue weighted by Gasteiger charge is 2.32. The van der Waals surface area contributed by atoms with Gasteiger partial charge in [0, 0.05) is 18.7 Å². The van der Waals surface area contributed by atoms with Crippen molar-refractivity contribution in [3.05, 3.63) is 77.2 Å². The number of hydrogen-bond donors (Lipinski definition) is 1. The fourth-order valence-corrected chi connectivity index (χ4v) is 5.43. The van der Waals surface area contributed by atoms with Gasteiger partial charge in [0.2, 0.25) is 5.89 Å². The van der Waals surface area contributed by atoms with E-state index in [4.69, 9.17) is 14.1 Å². The molecule has 3 aromatic rings. The molecule has 1 saturated carbocycles. The lowest BCUT2D eigenvalue weighted by molar-refractivity contribution is -0.146. The lowest BCUT2D eigenvalue weighted by Gasteiger charge is -2.37.